The van der Waals surface area contributed by atoms with Gasteiger partial charge in [0.15, 0.2) is 0 Å². The van der Waals surface area contributed by atoms with Gasteiger partial charge in [-0.2, -0.15) is 0 Å². The number of piperazine rings is 2. The van der Waals surface area contributed by atoms with Crippen molar-refractivity contribution in [2.24, 2.45) is 0 Å². The number of carbonyl (C=O) groups is 2. The van der Waals surface area contributed by atoms with Crippen LogP contribution in [0, 0.1) is 27.7 Å². The molecular weight excluding hydrogens is 641 g/mol. The lowest BCUT2D eigenvalue weighted by Crippen LogP contribution is -2.43. The molecule has 0 aliphatic carbocycles. The Morgan fingerprint density at radius 1 is 0.542 bits per heavy atom. The summed E-state index contributed by atoms with van der Waals surface area (Å²) in [6.45, 7) is 17.3. The first-order valence-corrected chi connectivity index (χ1v) is 17.8. The molecule has 0 amide bonds. The summed E-state index contributed by atoms with van der Waals surface area (Å²) in [6.07, 6.45) is 0. The molecule has 2 heterocycles. The molecule has 10 heteroatoms. The highest BCUT2D eigenvalue weighted by atomic mass is 32.2. The lowest BCUT2D eigenvalue weighted by Gasteiger charge is -2.31. The minimum Gasteiger partial charge on any atom is -0.473 e. The van der Waals surface area contributed by atoms with E-state index in [1.54, 1.807) is 0 Å². The molecule has 4 aromatic carbocycles. The molecule has 8 nitrogen and oxygen atoms in total. The van der Waals surface area contributed by atoms with Crippen molar-refractivity contribution in [3.8, 4) is 0 Å². The van der Waals surface area contributed by atoms with Crippen LogP contribution in [0.2, 0.25) is 0 Å². The predicted octanol–water partition coefficient (Wildman–Crippen LogP) is 6.88. The van der Waals surface area contributed by atoms with Gasteiger partial charge in [0.05, 0.1) is 11.4 Å². The Labute approximate surface area is 292 Å². The number of rotatable bonds is 6. The second kappa shape index (κ2) is 18.5. The average Bonchev–Trinajstić information content (AvgIpc) is 3.09. The molecule has 2 aliphatic rings. The summed E-state index contributed by atoms with van der Waals surface area (Å²) in [7, 11) is 0. The third kappa shape index (κ3) is 11.1. The maximum absolute atomic E-state index is 9.10. The van der Waals surface area contributed by atoms with Gasteiger partial charge in [-0.15, -0.1) is 0 Å². The zero-order chi connectivity index (χ0) is 34.5. The Morgan fingerprint density at radius 2 is 0.896 bits per heavy atom. The summed E-state index contributed by atoms with van der Waals surface area (Å²) >= 11 is 3.76. The summed E-state index contributed by atoms with van der Waals surface area (Å²) in [6, 6.07) is 30.9. The van der Waals surface area contributed by atoms with Gasteiger partial charge in [0.25, 0.3) is 0 Å². The molecule has 4 aromatic rings. The van der Waals surface area contributed by atoms with Crippen molar-refractivity contribution in [1.29, 1.82) is 0 Å². The van der Waals surface area contributed by atoms with Crippen LogP contribution in [0.15, 0.2) is 105 Å². The highest BCUT2D eigenvalue weighted by Gasteiger charge is 2.16. The van der Waals surface area contributed by atoms with Gasteiger partial charge in [-0.1, -0.05) is 83.2 Å². The lowest BCUT2D eigenvalue weighted by atomic mass is 10.2. The van der Waals surface area contributed by atoms with Gasteiger partial charge in [0.1, 0.15) is 0 Å². The van der Waals surface area contributed by atoms with E-state index in [-0.39, 0.29) is 0 Å². The van der Waals surface area contributed by atoms with E-state index in [1.807, 2.05) is 23.5 Å². The lowest BCUT2D eigenvalue weighted by molar-refractivity contribution is -0.159. The van der Waals surface area contributed by atoms with Crippen molar-refractivity contribution < 1.29 is 19.8 Å². The van der Waals surface area contributed by atoms with Crippen LogP contribution in [0.5, 0.6) is 0 Å². The number of para-hydroxylation sites is 2. The van der Waals surface area contributed by atoms with Gasteiger partial charge in [-0.05, 0) is 75.2 Å². The molecule has 0 atom stereocenters. The third-order valence-electron chi connectivity index (χ3n) is 7.93. The van der Waals surface area contributed by atoms with Crippen molar-refractivity contribution in [2.75, 3.05) is 62.2 Å². The molecule has 0 unspecified atom stereocenters. The second-order valence-electron chi connectivity index (χ2n) is 11.8. The molecular formula is C38H46N4O4S2. The smallest absolute Gasteiger partial charge is 0.414 e. The highest BCUT2D eigenvalue weighted by molar-refractivity contribution is 7.99. The quantitative estimate of drug-likeness (QED) is 0.161. The molecule has 2 fully saturated rings. The molecule has 6 rings (SSSR count). The topological polar surface area (TPSA) is 105 Å². The molecule has 2 saturated heterocycles. The molecule has 0 bridgehead atoms. The summed E-state index contributed by atoms with van der Waals surface area (Å²) in [4.78, 5) is 28.6. The Kier molecular flexibility index (Phi) is 14.2. The first kappa shape index (κ1) is 36.9. The third-order valence-corrected chi connectivity index (χ3v) is 10.4. The minimum absolute atomic E-state index is 1.07. The maximum atomic E-state index is 9.10. The second-order valence-corrected chi connectivity index (χ2v) is 13.9. The largest absolute Gasteiger partial charge is 0.473 e. The zero-order valence-electron chi connectivity index (χ0n) is 28.2. The Hall–Kier alpha value is -3.96. The fraction of sp³-hybridized carbons (Fsp3) is 0.316. The number of hydrogen-bond acceptors (Lipinski definition) is 8. The van der Waals surface area contributed by atoms with Gasteiger partial charge < -0.3 is 30.6 Å². The number of carboxylic acid groups (broad SMARTS) is 2. The van der Waals surface area contributed by atoms with Crippen molar-refractivity contribution in [3.05, 3.63) is 107 Å². The van der Waals surface area contributed by atoms with Crippen LogP contribution < -0.4 is 20.4 Å². The molecule has 0 radical (unpaired) electrons. The van der Waals surface area contributed by atoms with E-state index < -0.39 is 11.9 Å². The summed E-state index contributed by atoms with van der Waals surface area (Å²) < 4.78 is 0. The Morgan fingerprint density at radius 3 is 1.23 bits per heavy atom. The van der Waals surface area contributed by atoms with Crippen LogP contribution in [-0.4, -0.2) is 74.5 Å². The van der Waals surface area contributed by atoms with Crippen molar-refractivity contribution in [3.63, 3.8) is 0 Å². The fourth-order valence-corrected chi connectivity index (χ4v) is 7.57. The van der Waals surface area contributed by atoms with Gasteiger partial charge in [-0.25, -0.2) is 9.59 Å². The van der Waals surface area contributed by atoms with Crippen molar-refractivity contribution in [2.45, 2.75) is 47.3 Å². The van der Waals surface area contributed by atoms with Gasteiger partial charge >= 0.3 is 11.9 Å². The zero-order valence-corrected chi connectivity index (χ0v) is 29.8. The molecule has 0 spiro atoms. The monoisotopic (exact) mass is 686 g/mol. The van der Waals surface area contributed by atoms with Gasteiger partial charge in [0, 0.05) is 71.9 Å². The first-order chi connectivity index (χ1) is 23.1. The number of nitrogens with zero attached hydrogens (tertiary/aromatic N) is 2. The standard InChI is InChI=1S/2C18H22N2S.C2H2O4/c2*1-14-7-8-17(15(2)13-14)21-18-6-4-3-5-16(18)20-11-9-19-10-12-20;3-1(4)2(5)6/h2*3-8,13,19H,9-12H2,1-2H3;(H,3,4)(H,5,6). The summed E-state index contributed by atoms with van der Waals surface area (Å²) in [5.41, 5.74) is 8.10. The summed E-state index contributed by atoms with van der Waals surface area (Å²) in [5.74, 6) is -3.65. The molecule has 0 saturated carbocycles. The van der Waals surface area contributed by atoms with E-state index in [0.29, 0.717) is 0 Å². The molecule has 48 heavy (non-hydrogen) atoms. The number of aryl methyl sites for hydroxylation is 4. The average molecular weight is 687 g/mol. The Balaban J connectivity index is 0.000000186. The first-order valence-electron chi connectivity index (χ1n) is 16.2. The number of anilines is 2. The van der Waals surface area contributed by atoms with E-state index in [2.05, 4.69) is 133 Å². The SMILES string of the molecule is Cc1ccc(Sc2ccccc2N2CCNCC2)c(C)c1.Cc1ccc(Sc2ccccc2N2CCNCC2)c(C)c1.O=C(O)C(=O)O. The van der Waals surface area contributed by atoms with E-state index in [4.69, 9.17) is 19.8 Å². The van der Waals surface area contributed by atoms with Crippen molar-refractivity contribution >= 4 is 46.8 Å². The normalized spacial score (nSPS) is 14.2. The van der Waals surface area contributed by atoms with Crippen LogP contribution in [-0.2, 0) is 9.59 Å². The van der Waals surface area contributed by atoms with Crippen LogP contribution in [0.1, 0.15) is 22.3 Å². The van der Waals surface area contributed by atoms with Gasteiger partial charge in [-0.3, -0.25) is 0 Å². The molecule has 2 aliphatic heterocycles. The van der Waals surface area contributed by atoms with E-state index in [0.717, 1.165) is 52.4 Å². The van der Waals surface area contributed by atoms with Gasteiger partial charge in [0.2, 0.25) is 0 Å². The number of aliphatic carboxylic acids is 2. The Bertz CT molecular complexity index is 1550. The maximum Gasteiger partial charge on any atom is 0.414 e. The minimum atomic E-state index is -1.82. The molecule has 4 N–H and O–H groups in total. The highest BCUT2D eigenvalue weighted by Crippen LogP contribution is 2.38. The van der Waals surface area contributed by atoms with Crippen LogP contribution in [0.3, 0.4) is 0 Å². The number of carboxylic acids is 2. The predicted molar refractivity (Wildman–Crippen MR) is 198 cm³/mol. The van der Waals surface area contributed by atoms with Crippen LogP contribution in [0.25, 0.3) is 0 Å². The number of hydrogen-bond donors (Lipinski definition) is 4. The molecule has 0 aromatic heterocycles. The van der Waals surface area contributed by atoms with E-state index in [1.165, 1.54) is 53.2 Å². The van der Waals surface area contributed by atoms with E-state index in [9.17, 15) is 0 Å². The van der Waals surface area contributed by atoms with Crippen LogP contribution in [0.4, 0.5) is 11.4 Å². The summed E-state index contributed by atoms with van der Waals surface area (Å²) in [5, 5.41) is 21.6. The van der Waals surface area contributed by atoms with Crippen molar-refractivity contribution in [1.82, 2.24) is 10.6 Å². The fourth-order valence-electron chi connectivity index (χ4n) is 5.49. The van der Waals surface area contributed by atoms with Crippen LogP contribution >= 0.6 is 23.5 Å². The number of nitrogens with one attached hydrogen (secondary N) is 2. The molecule has 254 valence electrons. The number of benzene rings is 4. The van der Waals surface area contributed by atoms with E-state index >= 15 is 0 Å².